The highest BCUT2D eigenvalue weighted by Gasteiger charge is 2.23. The Morgan fingerprint density at radius 3 is 2.67 bits per heavy atom. The number of nitrogens with one attached hydrogen (secondary N) is 1. The smallest absolute Gasteiger partial charge is 0.0342 e. The minimum atomic E-state index is 0.556. The van der Waals surface area contributed by atoms with Crippen molar-refractivity contribution in [2.75, 3.05) is 25.0 Å². The molecule has 1 fully saturated rings. The monoisotopic (exact) mass is 288 g/mol. The number of aryl methyl sites for hydroxylation is 1. The molecule has 2 heteroatoms. The molecule has 0 saturated carbocycles. The fourth-order valence-corrected chi connectivity index (χ4v) is 3.32. The number of anilines is 1. The van der Waals surface area contributed by atoms with Gasteiger partial charge in [0, 0.05) is 18.3 Å². The summed E-state index contributed by atoms with van der Waals surface area (Å²) >= 11 is 0. The van der Waals surface area contributed by atoms with Crippen molar-refractivity contribution in [3.8, 4) is 0 Å². The molecule has 1 N–H and O–H groups in total. The van der Waals surface area contributed by atoms with Crippen LogP contribution in [-0.2, 0) is 6.42 Å². The van der Waals surface area contributed by atoms with Gasteiger partial charge in [-0.2, -0.15) is 0 Å². The maximum absolute atomic E-state index is 3.71. The third kappa shape index (κ3) is 5.03. The first kappa shape index (κ1) is 16.4. The molecular weight excluding hydrogens is 256 g/mol. The molecule has 1 aromatic rings. The van der Waals surface area contributed by atoms with Crippen molar-refractivity contribution in [1.29, 1.82) is 0 Å². The van der Waals surface area contributed by atoms with Gasteiger partial charge in [-0.15, -0.1) is 0 Å². The summed E-state index contributed by atoms with van der Waals surface area (Å²) < 4.78 is 0. The second-order valence-electron chi connectivity index (χ2n) is 6.53. The van der Waals surface area contributed by atoms with Crippen LogP contribution in [0.1, 0.15) is 52.0 Å². The summed E-state index contributed by atoms with van der Waals surface area (Å²) in [6.45, 7) is 10.6. The molecule has 1 aliphatic rings. The predicted octanol–water partition coefficient (Wildman–Crippen LogP) is 4.56. The first-order valence-electron chi connectivity index (χ1n) is 8.80. The lowest BCUT2D eigenvalue weighted by molar-refractivity contribution is 0.172. The largest absolute Gasteiger partial charge is 0.382 e. The van der Waals surface area contributed by atoms with E-state index in [1.165, 1.54) is 63.0 Å². The Labute approximate surface area is 130 Å². The number of nitrogens with zero attached hydrogens (tertiary/aromatic N) is 1. The Morgan fingerprint density at radius 2 is 2.00 bits per heavy atom. The van der Waals surface area contributed by atoms with Crippen LogP contribution in [0.25, 0.3) is 0 Å². The van der Waals surface area contributed by atoms with Crippen molar-refractivity contribution in [3.63, 3.8) is 0 Å². The number of piperidine rings is 1. The number of unbranched alkanes of at least 4 members (excludes halogenated alkanes) is 1. The summed E-state index contributed by atoms with van der Waals surface area (Å²) in [7, 11) is 0. The lowest BCUT2D eigenvalue weighted by atomic mass is 9.91. The molecule has 0 bridgehead atoms. The molecule has 0 spiro atoms. The number of rotatable bonds is 7. The second-order valence-corrected chi connectivity index (χ2v) is 6.53. The molecule has 118 valence electrons. The van der Waals surface area contributed by atoms with Crippen LogP contribution in [0.3, 0.4) is 0 Å². The Kier molecular flexibility index (Phi) is 6.56. The number of hydrogen-bond acceptors (Lipinski definition) is 2. The molecule has 21 heavy (non-hydrogen) atoms. The topological polar surface area (TPSA) is 15.3 Å². The molecule has 0 aromatic heterocycles. The quantitative estimate of drug-likeness (QED) is 0.791. The molecule has 1 aliphatic heterocycles. The van der Waals surface area contributed by atoms with Crippen molar-refractivity contribution in [1.82, 2.24) is 4.90 Å². The van der Waals surface area contributed by atoms with Gasteiger partial charge in [-0.25, -0.2) is 0 Å². The zero-order valence-corrected chi connectivity index (χ0v) is 14.1. The van der Waals surface area contributed by atoms with Crippen molar-refractivity contribution in [2.45, 2.75) is 58.9 Å². The van der Waals surface area contributed by atoms with Gasteiger partial charge < -0.3 is 10.2 Å². The van der Waals surface area contributed by atoms with E-state index in [4.69, 9.17) is 0 Å². The first-order chi connectivity index (χ1) is 10.2. The fraction of sp³-hybridized carbons (Fsp3) is 0.684. The van der Waals surface area contributed by atoms with Crippen LogP contribution >= 0.6 is 0 Å². The number of likely N-dealkylation sites (tertiary alicyclic amines) is 1. The number of benzene rings is 1. The SMILES string of the molecule is CCCCc1ccc(NC(C)C2CCCN(CC)C2)cc1. The highest BCUT2D eigenvalue weighted by Crippen LogP contribution is 2.22. The lowest BCUT2D eigenvalue weighted by Gasteiger charge is -2.35. The standard InChI is InChI=1S/C19H32N2/c1-4-6-8-17-10-12-19(13-11-17)20-16(3)18-9-7-14-21(5-2)15-18/h10-13,16,18,20H,4-9,14-15H2,1-3H3. The average Bonchev–Trinajstić information content (AvgIpc) is 2.54. The Hall–Kier alpha value is -1.02. The van der Waals surface area contributed by atoms with Crippen LogP contribution in [0, 0.1) is 5.92 Å². The molecule has 0 radical (unpaired) electrons. The van der Waals surface area contributed by atoms with E-state index in [-0.39, 0.29) is 0 Å². The maximum atomic E-state index is 3.71. The van der Waals surface area contributed by atoms with Crippen LogP contribution in [0.2, 0.25) is 0 Å². The highest BCUT2D eigenvalue weighted by molar-refractivity contribution is 5.45. The summed E-state index contributed by atoms with van der Waals surface area (Å²) in [6, 6.07) is 9.62. The predicted molar refractivity (Wildman–Crippen MR) is 93.0 cm³/mol. The van der Waals surface area contributed by atoms with Gasteiger partial charge >= 0.3 is 0 Å². The van der Waals surface area contributed by atoms with Crippen LogP contribution in [0.15, 0.2) is 24.3 Å². The Balaban J connectivity index is 1.85. The minimum Gasteiger partial charge on any atom is -0.382 e. The molecule has 1 saturated heterocycles. The van der Waals surface area contributed by atoms with Crippen molar-refractivity contribution >= 4 is 5.69 Å². The first-order valence-corrected chi connectivity index (χ1v) is 8.80. The van der Waals surface area contributed by atoms with Crippen molar-refractivity contribution in [3.05, 3.63) is 29.8 Å². The summed E-state index contributed by atoms with van der Waals surface area (Å²) in [6.07, 6.45) is 6.48. The van der Waals surface area contributed by atoms with Crippen LogP contribution < -0.4 is 5.32 Å². The normalized spacial score (nSPS) is 21.2. The van der Waals surface area contributed by atoms with Gasteiger partial charge in [0.05, 0.1) is 0 Å². The van der Waals surface area contributed by atoms with Gasteiger partial charge in [0.1, 0.15) is 0 Å². The van der Waals surface area contributed by atoms with Crippen LogP contribution in [-0.4, -0.2) is 30.6 Å². The summed E-state index contributed by atoms with van der Waals surface area (Å²) in [5.41, 5.74) is 2.74. The maximum Gasteiger partial charge on any atom is 0.0342 e. The number of hydrogen-bond donors (Lipinski definition) is 1. The zero-order valence-electron chi connectivity index (χ0n) is 14.1. The summed E-state index contributed by atoms with van der Waals surface area (Å²) in [5.74, 6) is 0.776. The molecule has 0 aliphatic carbocycles. The second kappa shape index (κ2) is 8.43. The highest BCUT2D eigenvalue weighted by atomic mass is 15.1. The van der Waals surface area contributed by atoms with E-state index < -0.39 is 0 Å². The fourth-order valence-electron chi connectivity index (χ4n) is 3.32. The van der Waals surface area contributed by atoms with Gasteiger partial charge in [-0.3, -0.25) is 0 Å². The molecule has 2 nitrogen and oxygen atoms in total. The summed E-state index contributed by atoms with van der Waals surface area (Å²) in [4.78, 5) is 2.58. The van der Waals surface area contributed by atoms with E-state index in [1.54, 1.807) is 0 Å². The van der Waals surface area contributed by atoms with Gasteiger partial charge in [0.2, 0.25) is 0 Å². The Morgan fingerprint density at radius 1 is 1.24 bits per heavy atom. The van der Waals surface area contributed by atoms with Crippen LogP contribution in [0.5, 0.6) is 0 Å². The van der Waals surface area contributed by atoms with E-state index >= 15 is 0 Å². The molecule has 2 atom stereocenters. The lowest BCUT2D eigenvalue weighted by Crippen LogP contribution is -2.41. The van der Waals surface area contributed by atoms with E-state index in [9.17, 15) is 0 Å². The molecule has 0 amide bonds. The van der Waals surface area contributed by atoms with Crippen molar-refractivity contribution in [2.24, 2.45) is 5.92 Å². The van der Waals surface area contributed by atoms with E-state index in [0.29, 0.717) is 6.04 Å². The van der Waals surface area contributed by atoms with Crippen LogP contribution in [0.4, 0.5) is 5.69 Å². The third-order valence-corrected chi connectivity index (χ3v) is 4.86. The van der Waals surface area contributed by atoms with E-state index in [1.807, 2.05) is 0 Å². The van der Waals surface area contributed by atoms with Gasteiger partial charge in [0.15, 0.2) is 0 Å². The average molecular weight is 288 g/mol. The molecular formula is C19H32N2. The van der Waals surface area contributed by atoms with E-state index in [2.05, 4.69) is 55.3 Å². The molecule has 2 rings (SSSR count). The van der Waals surface area contributed by atoms with Gasteiger partial charge in [-0.05, 0) is 69.3 Å². The van der Waals surface area contributed by atoms with E-state index in [0.717, 1.165) is 5.92 Å². The molecule has 1 heterocycles. The van der Waals surface area contributed by atoms with Gasteiger partial charge in [0.25, 0.3) is 0 Å². The van der Waals surface area contributed by atoms with Crippen molar-refractivity contribution < 1.29 is 0 Å². The molecule has 2 unspecified atom stereocenters. The molecule has 1 aromatic carbocycles. The zero-order chi connectivity index (χ0) is 15.1. The Bertz CT molecular complexity index is 399. The van der Waals surface area contributed by atoms with Gasteiger partial charge in [-0.1, -0.05) is 32.4 Å². The summed E-state index contributed by atoms with van der Waals surface area (Å²) in [5, 5.41) is 3.71. The minimum absolute atomic E-state index is 0.556. The third-order valence-electron chi connectivity index (χ3n) is 4.86.